The highest BCUT2D eigenvalue weighted by Gasteiger charge is 2.12. The molecule has 156 valence electrons. The van der Waals surface area contributed by atoms with E-state index in [1.807, 2.05) is 91.0 Å². The highest BCUT2D eigenvalue weighted by molar-refractivity contribution is 6.24. The Morgan fingerprint density at radius 1 is 0.839 bits per heavy atom. The van der Waals surface area contributed by atoms with E-state index in [1.54, 1.807) is 13.0 Å². The van der Waals surface area contributed by atoms with Gasteiger partial charge in [-0.15, -0.1) is 0 Å². The fourth-order valence-electron chi connectivity index (χ4n) is 2.99. The topological polar surface area (TPSA) is 55.4 Å². The molecule has 0 radical (unpaired) electrons. The summed E-state index contributed by atoms with van der Waals surface area (Å²) in [5.41, 5.74) is 4.30. The van der Waals surface area contributed by atoms with Crippen LogP contribution in [0, 0.1) is 0 Å². The number of esters is 1. The molecule has 0 aliphatic carbocycles. The Bertz CT molecular complexity index is 1050. The fraction of sp³-hybridized carbons (Fsp3) is 0.111. The molecule has 4 nitrogen and oxygen atoms in total. The molecule has 3 aromatic rings. The molecule has 0 saturated carbocycles. The monoisotopic (exact) mass is 411 g/mol. The van der Waals surface area contributed by atoms with Crippen LogP contribution in [0.5, 0.6) is 0 Å². The highest BCUT2D eigenvalue weighted by atomic mass is 16.5. The van der Waals surface area contributed by atoms with Crippen molar-refractivity contribution in [1.29, 1.82) is 0 Å². The number of carbonyl (C=O) groups excluding carboxylic acids is 2. The summed E-state index contributed by atoms with van der Waals surface area (Å²) >= 11 is 0. The molecule has 0 atom stereocenters. The largest absolute Gasteiger partial charge is 0.463 e. The lowest BCUT2D eigenvalue weighted by atomic mass is 10.0. The molecule has 1 amide bonds. The van der Waals surface area contributed by atoms with Crippen LogP contribution < -0.4 is 5.32 Å². The summed E-state index contributed by atoms with van der Waals surface area (Å²) in [6.45, 7) is 2.53. The van der Waals surface area contributed by atoms with Crippen molar-refractivity contribution in [3.05, 3.63) is 113 Å². The predicted molar refractivity (Wildman–Crippen MR) is 125 cm³/mol. The average Bonchev–Trinajstić information content (AvgIpc) is 2.82. The molecule has 0 fully saturated rings. The zero-order valence-electron chi connectivity index (χ0n) is 17.5. The Morgan fingerprint density at radius 3 is 2.13 bits per heavy atom. The van der Waals surface area contributed by atoms with Crippen LogP contribution in [0.25, 0.3) is 17.7 Å². The number of amides is 1. The third-order valence-electron chi connectivity index (χ3n) is 4.57. The Labute approximate surface area is 182 Å². The third kappa shape index (κ3) is 6.82. The Hall–Kier alpha value is -3.92. The highest BCUT2D eigenvalue weighted by Crippen LogP contribution is 2.19. The predicted octanol–water partition coefficient (Wildman–Crippen LogP) is 5.12. The van der Waals surface area contributed by atoms with Crippen LogP contribution in [0.4, 0.5) is 0 Å². The summed E-state index contributed by atoms with van der Waals surface area (Å²) in [5.74, 6) is -0.501. The van der Waals surface area contributed by atoms with E-state index in [9.17, 15) is 9.59 Å². The molecule has 4 heteroatoms. The van der Waals surface area contributed by atoms with Gasteiger partial charge in [-0.05, 0) is 41.3 Å². The minimum atomic E-state index is -0.363. The van der Waals surface area contributed by atoms with Crippen molar-refractivity contribution in [2.75, 3.05) is 6.61 Å². The number of benzene rings is 3. The zero-order chi connectivity index (χ0) is 21.9. The first-order valence-corrected chi connectivity index (χ1v) is 10.2. The van der Waals surface area contributed by atoms with E-state index in [4.69, 9.17) is 4.74 Å². The van der Waals surface area contributed by atoms with Gasteiger partial charge in [0, 0.05) is 18.2 Å². The summed E-state index contributed by atoms with van der Waals surface area (Å²) in [7, 11) is 0. The van der Waals surface area contributed by atoms with Gasteiger partial charge < -0.3 is 10.1 Å². The SMILES string of the molecule is CCOC(=O)/C=C/c1ccc(CNC(=O)C(=Cc2ccccc2)c2ccccc2)cc1. The Balaban J connectivity index is 1.68. The van der Waals surface area contributed by atoms with Crippen molar-refractivity contribution in [2.45, 2.75) is 13.5 Å². The number of hydrogen-bond acceptors (Lipinski definition) is 3. The molecule has 0 spiro atoms. The van der Waals surface area contributed by atoms with Crippen molar-refractivity contribution in [1.82, 2.24) is 5.32 Å². The minimum absolute atomic E-state index is 0.138. The smallest absolute Gasteiger partial charge is 0.330 e. The second kappa shape index (κ2) is 11.3. The van der Waals surface area contributed by atoms with Gasteiger partial charge >= 0.3 is 5.97 Å². The first-order chi connectivity index (χ1) is 15.2. The van der Waals surface area contributed by atoms with Gasteiger partial charge in [0.05, 0.1) is 6.61 Å². The molecule has 0 bridgehead atoms. The van der Waals surface area contributed by atoms with Crippen molar-refractivity contribution >= 4 is 29.6 Å². The summed E-state index contributed by atoms with van der Waals surface area (Å²) < 4.78 is 4.88. The maximum atomic E-state index is 13.0. The average molecular weight is 412 g/mol. The molecule has 0 aliphatic heterocycles. The molecule has 3 aromatic carbocycles. The zero-order valence-corrected chi connectivity index (χ0v) is 17.5. The summed E-state index contributed by atoms with van der Waals surface area (Å²) in [4.78, 5) is 24.4. The molecular weight excluding hydrogens is 386 g/mol. The van der Waals surface area contributed by atoms with Gasteiger partial charge in [-0.3, -0.25) is 4.79 Å². The molecule has 0 saturated heterocycles. The van der Waals surface area contributed by atoms with E-state index in [0.717, 1.165) is 22.3 Å². The quantitative estimate of drug-likeness (QED) is 0.318. The van der Waals surface area contributed by atoms with Gasteiger partial charge in [0.25, 0.3) is 5.91 Å². The Morgan fingerprint density at radius 2 is 1.48 bits per heavy atom. The van der Waals surface area contributed by atoms with Crippen LogP contribution in [0.2, 0.25) is 0 Å². The standard InChI is InChI=1S/C27H25NO3/c1-2-31-26(29)18-17-21-13-15-23(16-14-21)20-28-27(30)25(24-11-7-4-8-12-24)19-22-9-5-3-6-10-22/h3-19H,2,20H2,1H3,(H,28,30)/b18-17+,25-19?. The van der Waals surface area contributed by atoms with Crippen LogP contribution in [-0.2, 0) is 20.9 Å². The summed E-state index contributed by atoms with van der Waals surface area (Å²) in [6, 6.07) is 27.1. The maximum Gasteiger partial charge on any atom is 0.330 e. The third-order valence-corrected chi connectivity index (χ3v) is 4.57. The van der Waals surface area contributed by atoms with E-state index in [0.29, 0.717) is 18.7 Å². The lowest BCUT2D eigenvalue weighted by Gasteiger charge is -2.10. The van der Waals surface area contributed by atoms with Crippen LogP contribution in [0.15, 0.2) is 91.0 Å². The van der Waals surface area contributed by atoms with E-state index in [2.05, 4.69) is 5.32 Å². The van der Waals surface area contributed by atoms with E-state index >= 15 is 0 Å². The summed E-state index contributed by atoms with van der Waals surface area (Å²) in [5, 5.41) is 3.00. The molecule has 0 unspecified atom stereocenters. The molecule has 0 heterocycles. The van der Waals surface area contributed by atoms with Crippen molar-refractivity contribution in [3.8, 4) is 0 Å². The van der Waals surface area contributed by atoms with Crippen LogP contribution in [0.3, 0.4) is 0 Å². The lowest BCUT2D eigenvalue weighted by Crippen LogP contribution is -2.23. The maximum absolute atomic E-state index is 13.0. The fourth-order valence-corrected chi connectivity index (χ4v) is 2.99. The van der Waals surface area contributed by atoms with Crippen LogP contribution in [-0.4, -0.2) is 18.5 Å². The molecular formula is C27H25NO3. The number of ether oxygens (including phenoxy) is 1. The van der Waals surface area contributed by atoms with E-state index in [1.165, 1.54) is 6.08 Å². The van der Waals surface area contributed by atoms with Gasteiger partial charge in [0.15, 0.2) is 0 Å². The number of carbonyl (C=O) groups is 2. The first-order valence-electron chi connectivity index (χ1n) is 10.2. The minimum Gasteiger partial charge on any atom is -0.463 e. The second-order valence-electron chi connectivity index (χ2n) is 6.84. The first kappa shape index (κ1) is 21.8. The van der Waals surface area contributed by atoms with Crippen molar-refractivity contribution < 1.29 is 14.3 Å². The Kier molecular flexibility index (Phi) is 7.95. The molecule has 3 rings (SSSR count). The number of rotatable bonds is 8. The van der Waals surface area contributed by atoms with Gasteiger partial charge in [0.1, 0.15) is 0 Å². The van der Waals surface area contributed by atoms with E-state index < -0.39 is 0 Å². The normalized spacial score (nSPS) is 11.3. The van der Waals surface area contributed by atoms with Gasteiger partial charge in [-0.25, -0.2) is 4.79 Å². The van der Waals surface area contributed by atoms with Gasteiger partial charge in [-0.2, -0.15) is 0 Å². The molecule has 1 N–H and O–H groups in total. The lowest BCUT2D eigenvalue weighted by molar-refractivity contribution is -0.137. The van der Waals surface area contributed by atoms with Crippen molar-refractivity contribution in [3.63, 3.8) is 0 Å². The number of nitrogens with one attached hydrogen (secondary N) is 1. The molecule has 0 aromatic heterocycles. The van der Waals surface area contributed by atoms with Crippen LogP contribution >= 0.6 is 0 Å². The molecule has 31 heavy (non-hydrogen) atoms. The van der Waals surface area contributed by atoms with Crippen LogP contribution in [0.1, 0.15) is 29.2 Å². The van der Waals surface area contributed by atoms with E-state index in [-0.39, 0.29) is 11.9 Å². The van der Waals surface area contributed by atoms with Gasteiger partial charge in [-0.1, -0.05) is 84.9 Å². The summed E-state index contributed by atoms with van der Waals surface area (Å²) in [6.07, 6.45) is 5.01. The molecule has 0 aliphatic rings. The number of hydrogen-bond donors (Lipinski definition) is 1. The second-order valence-corrected chi connectivity index (χ2v) is 6.84. The van der Waals surface area contributed by atoms with Gasteiger partial charge in [0.2, 0.25) is 0 Å². The van der Waals surface area contributed by atoms with Crippen molar-refractivity contribution in [2.24, 2.45) is 0 Å².